The van der Waals surface area contributed by atoms with Gasteiger partial charge in [-0.1, -0.05) is 6.08 Å². The van der Waals surface area contributed by atoms with E-state index in [0.717, 1.165) is 42.7 Å². The van der Waals surface area contributed by atoms with Gasteiger partial charge >= 0.3 is 0 Å². The molecule has 0 aliphatic heterocycles. The lowest BCUT2D eigenvalue weighted by Crippen LogP contribution is -2.37. The molecule has 0 aliphatic carbocycles. The van der Waals surface area contributed by atoms with Crippen molar-refractivity contribution < 1.29 is 0 Å². The van der Waals surface area contributed by atoms with Gasteiger partial charge in [-0.15, -0.1) is 29.3 Å². The topological polar surface area (TPSA) is 49.3 Å². The van der Waals surface area contributed by atoms with Crippen LogP contribution in [-0.2, 0) is 6.42 Å². The van der Waals surface area contributed by atoms with Gasteiger partial charge in [-0.3, -0.25) is 4.99 Å². The van der Waals surface area contributed by atoms with Gasteiger partial charge in [0.15, 0.2) is 5.96 Å². The third-order valence-corrected chi connectivity index (χ3v) is 4.86. The highest BCUT2D eigenvalue weighted by atomic mass is 32.1. The number of hydrogen-bond acceptors (Lipinski definition) is 4. The van der Waals surface area contributed by atoms with Gasteiger partial charge in [-0.25, -0.2) is 4.98 Å². The van der Waals surface area contributed by atoms with Gasteiger partial charge in [0.25, 0.3) is 0 Å². The highest BCUT2D eigenvalue weighted by Crippen LogP contribution is 2.29. The summed E-state index contributed by atoms with van der Waals surface area (Å²) >= 11 is 3.49. The molecule has 0 fully saturated rings. The van der Waals surface area contributed by atoms with Crippen LogP contribution in [0, 0.1) is 6.92 Å². The van der Waals surface area contributed by atoms with Crippen LogP contribution in [0.2, 0.25) is 0 Å². The van der Waals surface area contributed by atoms with Crippen LogP contribution in [-0.4, -0.2) is 30.6 Å². The zero-order valence-corrected chi connectivity index (χ0v) is 14.7. The molecule has 2 rings (SSSR count). The fourth-order valence-electron chi connectivity index (χ4n) is 1.92. The molecule has 0 unspecified atom stereocenters. The quantitative estimate of drug-likeness (QED) is 0.463. The highest BCUT2D eigenvalue weighted by Gasteiger charge is 2.06. The highest BCUT2D eigenvalue weighted by molar-refractivity contribution is 7.16. The fourth-order valence-corrected chi connectivity index (χ4v) is 3.56. The van der Waals surface area contributed by atoms with E-state index in [1.54, 1.807) is 22.7 Å². The normalized spacial score (nSPS) is 11.5. The minimum Gasteiger partial charge on any atom is -0.357 e. The molecule has 0 atom stereocenters. The lowest BCUT2D eigenvalue weighted by Gasteiger charge is -2.08. The molecule has 2 heterocycles. The second kappa shape index (κ2) is 8.70. The van der Waals surface area contributed by atoms with E-state index in [-0.39, 0.29) is 0 Å². The molecule has 6 heteroatoms. The number of nitrogens with zero attached hydrogens (tertiary/aromatic N) is 2. The Morgan fingerprint density at radius 2 is 2.27 bits per heavy atom. The summed E-state index contributed by atoms with van der Waals surface area (Å²) in [6.45, 7) is 10.1. The first-order valence-electron chi connectivity index (χ1n) is 7.37. The van der Waals surface area contributed by atoms with Crippen LogP contribution in [0.1, 0.15) is 16.8 Å². The maximum atomic E-state index is 4.57. The van der Waals surface area contributed by atoms with Gasteiger partial charge < -0.3 is 10.6 Å². The van der Waals surface area contributed by atoms with Crippen molar-refractivity contribution in [1.82, 2.24) is 15.6 Å². The summed E-state index contributed by atoms with van der Waals surface area (Å²) in [7, 11) is 0. The Balaban J connectivity index is 1.91. The van der Waals surface area contributed by atoms with Gasteiger partial charge in [0.1, 0.15) is 0 Å². The third kappa shape index (κ3) is 4.96. The van der Waals surface area contributed by atoms with Crippen LogP contribution in [0.25, 0.3) is 10.6 Å². The Bertz CT molecular complexity index is 628. The van der Waals surface area contributed by atoms with Crippen LogP contribution in [0.3, 0.4) is 0 Å². The van der Waals surface area contributed by atoms with Crippen LogP contribution < -0.4 is 10.6 Å². The van der Waals surface area contributed by atoms with Gasteiger partial charge in [0.05, 0.1) is 15.6 Å². The first-order chi connectivity index (χ1) is 10.7. The zero-order valence-electron chi connectivity index (χ0n) is 13.1. The standard InChI is InChI=1S/C16H22N4S2/c1-4-9-18-16(17-5-2)19-10-8-13-6-7-15(22-13)14-11-21-12(3)20-14/h4,6-7,11H,1,5,8-10H2,2-3H3,(H2,17,18,19). The molecule has 0 radical (unpaired) electrons. The Kier molecular flexibility index (Phi) is 6.61. The first kappa shape index (κ1) is 16.7. The summed E-state index contributed by atoms with van der Waals surface area (Å²) in [5.74, 6) is 0.842. The molecular weight excluding hydrogens is 312 g/mol. The second-order valence-corrected chi connectivity index (χ2v) is 6.93. The van der Waals surface area contributed by atoms with Crippen LogP contribution in [0.15, 0.2) is 35.2 Å². The smallest absolute Gasteiger partial charge is 0.191 e. The molecule has 2 aromatic rings. The molecular formula is C16H22N4S2. The predicted octanol–water partition coefficient (Wildman–Crippen LogP) is 3.46. The molecule has 0 amide bonds. The van der Waals surface area contributed by atoms with Gasteiger partial charge in [0, 0.05) is 36.3 Å². The van der Waals surface area contributed by atoms with Crippen molar-refractivity contribution in [1.29, 1.82) is 0 Å². The number of guanidine groups is 1. The summed E-state index contributed by atoms with van der Waals surface area (Å²) in [5, 5.41) is 9.66. The van der Waals surface area contributed by atoms with E-state index >= 15 is 0 Å². The average Bonchev–Trinajstić information content (AvgIpc) is 3.13. The largest absolute Gasteiger partial charge is 0.357 e. The molecule has 0 saturated carbocycles. The maximum absolute atomic E-state index is 4.57. The number of aryl methyl sites for hydroxylation is 1. The summed E-state index contributed by atoms with van der Waals surface area (Å²) in [6.07, 6.45) is 2.77. The maximum Gasteiger partial charge on any atom is 0.191 e. The van der Waals surface area contributed by atoms with Crippen molar-refractivity contribution in [3.63, 3.8) is 0 Å². The monoisotopic (exact) mass is 334 g/mol. The SMILES string of the molecule is C=CCNC(=NCCc1ccc(-c2csc(C)n2)s1)NCC. The molecule has 0 spiro atoms. The number of thiazole rings is 1. The number of hydrogen-bond donors (Lipinski definition) is 2. The van der Waals surface area contributed by atoms with E-state index in [1.807, 2.05) is 13.0 Å². The molecule has 118 valence electrons. The molecule has 0 aliphatic rings. The molecule has 2 aromatic heterocycles. The van der Waals surface area contributed by atoms with E-state index in [2.05, 4.69) is 51.6 Å². The molecule has 0 aromatic carbocycles. The average molecular weight is 335 g/mol. The fraction of sp³-hybridized carbons (Fsp3) is 0.375. The van der Waals surface area contributed by atoms with E-state index in [4.69, 9.17) is 0 Å². The summed E-state index contributed by atoms with van der Waals surface area (Å²) in [6, 6.07) is 4.33. The van der Waals surface area contributed by atoms with E-state index < -0.39 is 0 Å². The van der Waals surface area contributed by atoms with E-state index in [0.29, 0.717) is 0 Å². The van der Waals surface area contributed by atoms with Crippen molar-refractivity contribution in [3.05, 3.63) is 40.1 Å². The number of aliphatic imine (C=N–C) groups is 1. The number of nitrogens with one attached hydrogen (secondary N) is 2. The van der Waals surface area contributed by atoms with Crippen molar-refractivity contribution in [2.75, 3.05) is 19.6 Å². The van der Waals surface area contributed by atoms with Crippen molar-refractivity contribution >= 4 is 28.6 Å². The Hall–Kier alpha value is -1.66. The summed E-state index contributed by atoms with van der Waals surface area (Å²) in [5.41, 5.74) is 1.09. The minimum absolute atomic E-state index is 0.720. The predicted molar refractivity (Wildman–Crippen MR) is 98.0 cm³/mol. The molecule has 0 bridgehead atoms. The summed E-state index contributed by atoms with van der Waals surface area (Å²) in [4.78, 5) is 11.7. The molecule has 22 heavy (non-hydrogen) atoms. The number of thiophene rings is 1. The summed E-state index contributed by atoms with van der Waals surface area (Å²) < 4.78 is 0. The van der Waals surface area contributed by atoms with E-state index in [9.17, 15) is 0 Å². The van der Waals surface area contributed by atoms with Crippen LogP contribution in [0.5, 0.6) is 0 Å². The lowest BCUT2D eigenvalue weighted by atomic mass is 10.3. The van der Waals surface area contributed by atoms with Crippen molar-refractivity contribution in [2.24, 2.45) is 4.99 Å². The zero-order chi connectivity index (χ0) is 15.8. The van der Waals surface area contributed by atoms with Gasteiger partial charge in [-0.05, 0) is 26.0 Å². The minimum atomic E-state index is 0.720. The third-order valence-electron chi connectivity index (χ3n) is 2.92. The lowest BCUT2D eigenvalue weighted by molar-refractivity contribution is 0.854. The van der Waals surface area contributed by atoms with Crippen LogP contribution >= 0.6 is 22.7 Å². The van der Waals surface area contributed by atoms with Crippen LogP contribution in [0.4, 0.5) is 0 Å². The Morgan fingerprint density at radius 3 is 2.95 bits per heavy atom. The number of rotatable bonds is 7. The van der Waals surface area contributed by atoms with Gasteiger partial charge in [0.2, 0.25) is 0 Å². The Morgan fingerprint density at radius 1 is 1.41 bits per heavy atom. The van der Waals surface area contributed by atoms with Gasteiger partial charge in [-0.2, -0.15) is 0 Å². The molecule has 2 N–H and O–H groups in total. The molecule has 0 saturated heterocycles. The second-order valence-electron chi connectivity index (χ2n) is 4.70. The first-order valence-corrected chi connectivity index (χ1v) is 9.06. The number of aromatic nitrogens is 1. The van der Waals surface area contributed by atoms with Crippen molar-refractivity contribution in [3.8, 4) is 10.6 Å². The Labute approximate surface area is 140 Å². The van der Waals surface area contributed by atoms with Crippen molar-refractivity contribution in [2.45, 2.75) is 20.3 Å². The van der Waals surface area contributed by atoms with E-state index in [1.165, 1.54) is 9.75 Å². The molecule has 4 nitrogen and oxygen atoms in total.